The van der Waals surface area contributed by atoms with Crippen LogP contribution >= 0.6 is 11.6 Å². The summed E-state index contributed by atoms with van der Waals surface area (Å²) in [6.45, 7) is 4.36. The highest BCUT2D eigenvalue weighted by Gasteiger charge is 2.31. The molecular weight excluding hydrogens is 294 g/mol. The first-order chi connectivity index (χ1) is 9.86. The number of phenols is 1. The van der Waals surface area contributed by atoms with Gasteiger partial charge >= 0.3 is 6.03 Å². The van der Waals surface area contributed by atoms with Gasteiger partial charge in [0, 0.05) is 24.0 Å². The second kappa shape index (κ2) is 6.22. The van der Waals surface area contributed by atoms with Gasteiger partial charge in [0.1, 0.15) is 5.75 Å². The molecule has 114 valence electrons. The normalized spacial score (nSPS) is 18.2. The minimum atomic E-state index is -0.476. The Hall–Kier alpha value is -1.95. The molecule has 0 bridgehead atoms. The summed E-state index contributed by atoms with van der Waals surface area (Å²) < 4.78 is 0. The summed E-state index contributed by atoms with van der Waals surface area (Å²) >= 11 is 5.81. The van der Waals surface area contributed by atoms with Crippen LogP contribution in [-0.4, -0.2) is 40.6 Å². The van der Waals surface area contributed by atoms with Gasteiger partial charge in [0.05, 0.1) is 11.7 Å². The van der Waals surface area contributed by atoms with Crippen molar-refractivity contribution < 1.29 is 14.7 Å². The predicted molar refractivity (Wildman–Crippen MR) is 80.5 cm³/mol. The van der Waals surface area contributed by atoms with E-state index in [1.165, 1.54) is 18.2 Å². The van der Waals surface area contributed by atoms with Gasteiger partial charge < -0.3 is 20.6 Å². The Kier molecular flexibility index (Phi) is 4.57. The second-order valence-corrected chi connectivity index (χ2v) is 5.74. The van der Waals surface area contributed by atoms with Crippen LogP contribution in [-0.2, 0) is 4.79 Å². The minimum Gasteiger partial charge on any atom is -0.506 e. The second-order valence-electron chi connectivity index (χ2n) is 5.30. The quantitative estimate of drug-likeness (QED) is 0.748. The van der Waals surface area contributed by atoms with Gasteiger partial charge in [-0.3, -0.25) is 4.79 Å². The lowest BCUT2D eigenvalue weighted by Crippen LogP contribution is -2.40. The molecule has 1 aliphatic heterocycles. The number of nitrogens with zero attached hydrogens (tertiary/aromatic N) is 1. The summed E-state index contributed by atoms with van der Waals surface area (Å²) in [6, 6.07) is 3.78. The summed E-state index contributed by atoms with van der Waals surface area (Å²) in [4.78, 5) is 25.4. The number of anilines is 1. The highest BCUT2D eigenvalue weighted by Crippen LogP contribution is 2.26. The number of likely N-dealkylation sites (tertiary alicyclic amines) is 1. The Labute approximate surface area is 128 Å². The molecule has 1 aromatic rings. The summed E-state index contributed by atoms with van der Waals surface area (Å²) in [5, 5.41) is 15.3. The third-order valence-corrected chi connectivity index (χ3v) is 3.56. The smallest absolute Gasteiger partial charge is 0.319 e. The largest absolute Gasteiger partial charge is 0.506 e. The van der Waals surface area contributed by atoms with Crippen LogP contribution in [0.15, 0.2) is 18.2 Å². The monoisotopic (exact) mass is 311 g/mol. The molecule has 1 saturated heterocycles. The predicted octanol–water partition coefficient (Wildman–Crippen LogP) is 2.18. The number of phenolic OH excluding ortho intramolecular Hbond substituents is 1. The highest BCUT2D eigenvalue weighted by atomic mass is 35.5. The molecule has 2 rings (SSSR count). The molecule has 1 fully saturated rings. The van der Waals surface area contributed by atoms with Gasteiger partial charge in [0.2, 0.25) is 5.91 Å². The molecule has 6 nitrogen and oxygen atoms in total. The number of hydrogen-bond donors (Lipinski definition) is 3. The average Bonchev–Trinajstić information content (AvgIpc) is 2.74. The molecule has 0 radical (unpaired) electrons. The van der Waals surface area contributed by atoms with Crippen molar-refractivity contribution in [2.45, 2.75) is 32.4 Å². The molecule has 0 saturated carbocycles. The number of amides is 3. The number of hydrogen-bond acceptors (Lipinski definition) is 3. The Bertz CT molecular complexity index is 562. The highest BCUT2D eigenvalue weighted by molar-refractivity contribution is 6.31. The number of carbonyl (C=O) groups is 2. The van der Waals surface area contributed by atoms with Crippen molar-refractivity contribution in [2.75, 3.05) is 11.9 Å². The SMILES string of the molecule is CC(C)N1CC(NC(=O)Nc2cc(Cl)ccc2O)CC1=O. The maximum absolute atomic E-state index is 11.9. The molecule has 3 N–H and O–H groups in total. The zero-order valence-corrected chi connectivity index (χ0v) is 12.6. The summed E-state index contributed by atoms with van der Waals surface area (Å²) in [5.74, 6) is -0.0400. The maximum atomic E-state index is 11.9. The topological polar surface area (TPSA) is 81.7 Å². The van der Waals surface area contributed by atoms with Crippen molar-refractivity contribution in [1.29, 1.82) is 0 Å². The van der Waals surface area contributed by atoms with E-state index < -0.39 is 6.03 Å². The van der Waals surface area contributed by atoms with Crippen molar-refractivity contribution in [1.82, 2.24) is 10.2 Å². The molecule has 1 aliphatic rings. The fourth-order valence-electron chi connectivity index (χ4n) is 2.28. The number of aromatic hydroxyl groups is 1. The molecule has 0 aromatic heterocycles. The molecule has 3 amide bonds. The van der Waals surface area contributed by atoms with E-state index in [1.807, 2.05) is 13.8 Å². The van der Waals surface area contributed by atoms with Crippen LogP contribution in [0.3, 0.4) is 0 Å². The Morgan fingerprint density at radius 1 is 1.48 bits per heavy atom. The van der Waals surface area contributed by atoms with E-state index in [9.17, 15) is 14.7 Å². The molecule has 0 spiro atoms. The molecular formula is C14H18ClN3O3. The third kappa shape index (κ3) is 3.78. The van der Waals surface area contributed by atoms with Crippen LogP contribution in [0, 0.1) is 0 Å². The lowest BCUT2D eigenvalue weighted by Gasteiger charge is -2.21. The number of rotatable bonds is 3. The summed E-state index contributed by atoms with van der Waals surface area (Å²) in [6.07, 6.45) is 0.285. The van der Waals surface area contributed by atoms with Crippen LogP contribution in [0.4, 0.5) is 10.5 Å². The zero-order valence-electron chi connectivity index (χ0n) is 11.9. The lowest BCUT2D eigenvalue weighted by molar-refractivity contribution is -0.129. The molecule has 0 aliphatic carbocycles. The first-order valence-electron chi connectivity index (χ1n) is 6.72. The van der Waals surface area contributed by atoms with Crippen LogP contribution in [0.2, 0.25) is 5.02 Å². The van der Waals surface area contributed by atoms with Gasteiger partial charge in [-0.1, -0.05) is 11.6 Å². The molecule has 1 unspecified atom stereocenters. The molecule has 1 heterocycles. The van der Waals surface area contributed by atoms with E-state index in [1.54, 1.807) is 4.90 Å². The minimum absolute atomic E-state index is 0.0286. The van der Waals surface area contributed by atoms with Gasteiger partial charge in [-0.15, -0.1) is 0 Å². The molecule has 7 heteroatoms. The number of benzene rings is 1. The van der Waals surface area contributed by atoms with Gasteiger partial charge in [0.25, 0.3) is 0 Å². The average molecular weight is 312 g/mol. The molecule has 21 heavy (non-hydrogen) atoms. The van der Waals surface area contributed by atoms with Crippen LogP contribution < -0.4 is 10.6 Å². The summed E-state index contributed by atoms with van der Waals surface area (Å²) in [5.41, 5.74) is 0.227. The van der Waals surface area contributed by atoms with Gasteiger partial charge in [-0.05, 0) is 32.0 Å². The lowest BCUT2D eigenvalue weighted by atomic mass is 10.2. The van der Waals surface area contributed by atoms with Gasteiger partial charge in [-0.25, -0.2) is 4.79 Å². The van der Waals surface area contributed by atoms with Crippen molar-refractivity contribution in [3.05, 3.63) is 23.2 Å². The van der Waals surface area contributed by atoms with E-state index in [0.717, 1.165) is 0 Å². The Morgan fingerprint density at radius 3 is 2.81 bits per heavy atom. The van der Waals surface area contributed by atoms with E-state index in [2.05, 4.69) is 10.6 Å². The first kappa shape index (κ1) is 15.4. The molecule has 1 aromatic carbocycles. The Morgan fingerprint density at radius 2 is 2.19 bits per heavy atom. The van der Waals surface area contributed by atoms with Gasteiger partial charge in [0.15, 0.2) is 0 Å². The van der Waals surface area contributed by atoms with Crippen molar-refractivity contribution in [2.24, 2.45) is 0 Å². The number of urea groups is 1. The number of nitrogens with one attached hydrogen (secondary N) is 2. The number of carbonyl (C=O) groups excluding carboxylic acids is 2. The van der Waals surface area contributed by atoms with Crippen LogP contribution in [0.25, 0.3) is 0 Å². The van der Waals surface area contributed by atoms with E-state index in [0.29, 0.717) is 11.6 Å². The van der Waals surface area contributed by atoms with Crippen LogP contribution in [0.5, 0.6) is 5.75 Å². The maximum Gasteiger partial charge on any atom is 0.319 e. The van der Waals surface area contributed by atoms with Crippen molar-refractivity contribution in [3.8, 4) is 5.75 Å². The van der Waals surface area contributed by atoms with E-state index >= 15 is 0 Å². The first-order valence-corrected chi connectivity index (χ1v) is 7.10. The Balaban J connectivity index is 1.94. The van der Waals surface area contributed by atoms with Crippen LogP contribution in [0.1, 0.15) is 20.3 Å². The number of halogens is 1. The molecule has 1 atom stereocenters. The standard InChI is InChI=1S/C14H18ClN3O3/c1-8(2)18-7-10(6-13(18)20)16-14(21)17-11-5-9(15)3-4-12(11)19/h3-5,8,10,19H,6-7H2,1-2H3,(H2,16,17,21). The summed E-state index contributed by atoms with van der Waals surface area (Å²) in [7, 11) is 0. The van der Waals surface area contributed by atoms with Crippen molar-refractivity contribution in [3.63, 3.8) is 0 Å². The fraction of sp³-hybridized carbons (Fsp3) is 0.429. The van der Waals surface area contributed by atoms with E-state index in [4.69, 9.17) is 11.6 Å². The van der Waals surface area contributed by atoms with E-state index in [-0.39, 0.29) is 35.8 Å². The zero-order chi connectivity index (χ0) is 15.6. The van der Waals surface area contributed by atoms with Gasteiger partial charge in [-0.2, -0.15) is 0 Å². The van der Waals surface area contributed by atoms with Crippen molar-refractivity contribution >= 4 is 29.2 Å². The third-order valence-electron chi connectivity index (χ3n) is 3.32. The fourth-order valence-corrected chi connectivity index (χ4v) is 2.45.